The largest absolute Gasteiger partial charge is 0.392 e. The minimum Gasteiger partial charge on any atom is -0.392 e. The Kier molecular flexibility index (Phi) is 4.97. The van der Waals surface area contributed by atoms with E-state index in [0.717, 1.165) is 49.3 Å². The van der Waals surface area contributed by atoms with Crippen LogP contribution in [0.4, 0.5) is 0 Å². The van der Waals surface area contributed by atoms with Crippen LogP contribution >= 0.6 is 11.3 Å². The van der Waals surface area contributed by atoms with Crippen molar-refractivity contribution in [3.8, 4) is 0 Å². The zero-order chi connectivity index (χ0) is 17.3. The third kappa shape index (κ3) is 3.49. The van der Waals surface area contributed by atoms with E-state index >= 15 is 0 Å². The number of β-amino-alcohol motifs (C(OH)–C–C–N with tert-alkyl or cyclic N) is 1. The van der Waals surface area contributed by atoms with Crippen molar-refractivity contribution < 1.29 is 14.7 Å². The monoisotopic (exact) mass is 350 g/mol. The van der Waals surface area contributed by atoms with Crippen molar-refractivity contribution in [2.24, 2.45) is 5.41 Å². The number of thiophene rings is 1. The van der Waals surface area contributed by atoms with Gasteiger partial charge in [0.2, 0.25) is 5.91 Å². The summed E-state index contributed by atoms with van der Waals surface area (Å²) in [5.74, 6) is 0.291. The van der Waals surface area contributed by atoms with Crippen molar-refractivity contribution in [1.29, 1.82) is 0 Å². The van der Waals surface area contributed by atoms with Gasteiger partial charge in [-0.25, -0.2) is 0 Å². The van der Waals surface area contributed by atoms with Crippen LogP contribution < -0.4 is 0 Å². The molecular weight excluding hydrogens is 324 g/mol. The molecule has 3 heterocycles. The summed E-state index contributed by atoms with van der Waals surface area (Å²) in [7, 11) is 0. The van der Waals surface area contributed by atoms with Crippen molar-refractivity contribution in [2.75, 3.05) is 26.2 Å². The molecule has 2 saturated heterocycles. The molecule has 1 N–H and O–H groups in total. The molecule has 0 unspecified atom stereocenters. The number of carbonyl (C=O) groups is 2. The van der Waals surface area contributed by atoms with Crippen LogP contribution in [0, 0.1) is 12.3 Å². The lowest BCUT2D eigenvalue weighted by Crippen LogP contribution is -2.53. The molecule has 1 atom stereocenters. The highest BCUT2D eigenvalue weighted by Gasteiger charge is 2.42. The van der Waals surface area contributed by atoms with Crippen LogP contribution in [-0.4, -0.2) is 59.0 Å². The summed E-state index contributed by atoms with van der Waals surface area (Å²) < 4.78 is 0. The lowest BCUT2D eigenvalue weighted by molar-refractivity contribution is -0.140. The molecule has 1 aromatic heterocycles. The third-order valence-corrected chi connectivity index (χ3v) is 6.40. The van der Waals surface area contributed by atoms with Gasteiger partial charge in [-0.05, 0) is 55.5 Å². The highest BCUT2D eigenvalue weighted by Crippen LogP contribution is 2.40. The molecule has 2 amide bonds. The normalized spacial score (nSPS) is 22.0. The summed E-state index contributed by atoms with van der Waals surface area (Å²) in [6, 6.07) is 1.99. The molecule has 0 aromatic carbocycles. The average molecular weight is 350 g/mol. The number of hydrogen-bond acceptors (Lipinski definition) is 4. The first kappa shape index (κ1) is 17.4. The fraction of sp³-hybridized carbons (Fsp3) is 0.667. The molecule has 0 aliphatic carbocycles. The second-order valence-corrected chi connectivity index (χ2v) is 8.26. The Bertz CT molecular complexity index is 618. The Balaban J connectivity index is 1.63. The van der Waals surface area contributed by atoms with E-state index in [2.05, 4.69) is 0 Å². The lowest BCUT2D eigenvalue weighted by atomic mass is 9.72. The number of rotatable bonds is 3. The molecule has 1 spiro atoms. The first-order valence-electron chi connectivity index (χ1n) is 8.69. The first-order chi connectivity index (χ1) is 11.4. The van der Waals surface area contributed by atoms with Crippen molar-refractivity contribution >= 4 is 23.2 Å². The SMILES string of the molecule is Cc1ccsc1C(=O)N1CCC2(CCC(=O)N(C[C@@H](C)O)C2)CC1. The Morgan fingerprint density at radius 2 is 2.08 bits per heavy atom. The van der Waals surface area contributed by atoms with Crippen LogP contribution in [0.3, 0.4) is 0 Å². The van der Waals surface area contributed by atoms with Gasteiger partial charge in [0, 0.05) is 32.6 Å². The highest BCUT2D eigenvalue weighted by atomic mass is 32.1. The van der Waals surface area contributed by atoms with E-state index in [0.29, 0.717) is 13.0 Å². The number of hydrogen-bond donors (Lipinski definition) is 1. The second-order valence-electron chi connectivity index (χ2n) is 7.35. The predicted molar refractivity (Wildman–Crippen MR) is 94.1 cm³/mol. The molecule has 24 heavy (non-hydrogen) atoms. The summed E-state index contributed by atoms with van der Waals surface area (Å²) in [4.78, 5) is 29.3. The number of aliphatic hydroxyl groups is 1. The molecule has 2 aliphatic rings. The van der Waals surface area contributed by atoms with Crippen LogP contribution in [0.25, 0.3) is 0 Å². The molecule has 6 heteroatoms. The van der Waals surface area contributed by atoms with Gasteiger partial charge in [0.15, 0.2) is 0 Å². The van der Waals surface area contributed by atoms with E-state index in [4.69, 9.17) is 0 Å². The van der Waals surface area contributed by atoms with Crippen LogP contribution in [0.15, 0.2) is 11.4 Å². The number of likely N-dealkylation sites (tertiary alicyclic amines) is 2. The molecule has 0 saturated carbocycles. The van der Waals surface area contributed by atoms with Crippen molar-refractivity contribution in [1.82, 2.24) is 9.80 Å². The maximum atomic E-state index is 12.7. The van der Waals surface area contributed by atoms with Gasteiger partial charge in [-0.1, -0.05) is 0 Å². The topological polar surface area (TPSA) is 60.9 Å². The van der Waals surface area contributed by atoms with E-state index in [1.165, 1.54) is 11.3 Å². The first-order valence-corrected chi connectivity index (χ1v) is 9.57. The summed E-state index contributed by atoms with van der Waals surface area (Å²) in [6.07, 6.45) is 2.85. The summed E-state index contributed by atoms with van der Waals surface area (Å²) in [5.41, 5.74) is 1.17. The molecule has 5 nitrogen and oxygen atoms in total. The molecule has 1 aromatic rings. The van der Waals surface area contributed by atoms with Crippen LogP contribution in [0.1, 0.15) is 47.8 Å². The maximum absolute atomic E-state index is 12.7. The number of aryl methyl sites for hydroxylation is 1. The minimum absolute atomic E-state index is 0.115. The van der Waals surface area contributed by atoms with Crippen LogP contribution in [-0.2, 0) is 4.79 Å². The smallest absolute Gasteiger partial charge is 0.264 e. The molecular formula is C18H26N2O3S. The zero-order valence-corrected chi connectivity index (χ0v) is 15.3. The van der Waals surface area contributed by atoms with Gasteiger partial charge in [0.25, 0.3) is 5.91 Å². The standard InChI is InChI=1S/C18H26N2O3S/c1-13-4-10-24-16(13)17(23)19-8-6-18(7-9-19)5-3-15(22)20(12-18)11-14(2)21/h4,10,14,21H,3,5-9,11-12H2,1-2H3/t14-/m1/s1. The summed E-state index contributed by atoms with van der Waals surface area (Å²) in [5, 5.41) is 11.6. The van der Waals surface area contributed by atoms with Gasteiger partial charge in [-0.2, -0.15) is 0 Å². The molecule has 2 fully saturated rings. The quantitative estimate of drug-likeness (QED) is 0.910. The molecule has 0 radical (unpaired) electrons. The average Bonchev–Trinajstić information content (AvgIpc) is 2.97. The van der Waals surface area contributed by atoms with Gasteiger partial charge in [-0.3, -0.25) is 9.59 Å². The van der Waals surface area contributed by atoms with Gasteiger partial charge in [0.1, 0.15) is 0 Å². The van der Waals surface area contributed by atoms with E-state index in [-0.39, 0.29) is 17.2 Å². The highest BCUT2D eigenvalue weighted by molar-refractivity contribution is 7.12. The number of carbonyl (C=O) groups excluding carboxylic acids is 2. The van der Waals surface area contributed by atoms with Gasteiger partial charge in [-0.15, -0.1) is 11.3 Å². The zero-order valence-electron chi connectivity index (χ0n) is 14.5. The third-order valence-electron chi connectivity index (χ3n) is 5.40. The summed E-state index contributed by atoms with van der Waals surface area (Å²) in [6.45, 7) is 6.35. The predicted octanol–water partition coefficient (Wildman–Crippen LogP) is 2.28. The van der Waals surface area contributed by atoms with Crippen LogP contribution in [0.2, 0.25) is 0 Å². The minimum atomic E-state index is -0.493. The van der Waals surface area contributed by atoms with E-state index in [1.54, 1.807) is 6.92 Å². The number of piperidine rings is 2. The van der Waals surface area contributed by atoms with Gasteiger partial charge in [0.05, 0.1) is 11.0 Å². The molecule has 3 rings (SSSR count). The fourth-order valence-corrected chi connectivity index (χ4v) is 4.81. The number of aliphatic hydroxyl groups excluding tert-OH is 1. The Morgan fingerprint density at radius 3 is 2.67 bits per heavy atom. The van der Waals surface area contributed by atoms with E-state index in [9.17, 15) is 14.7 Å². The number of nitrogens with zero attached hydrogens (tertiary/aromatic N) is 2. The molecule has 0 bridgehead atoms. The van der Waals surface area contributed by atoms with Crippen molar-refractivity contribution in [2.45, 2.75) is 45.6 Å². The fourth-order valence-electron chi connectivity index (χ4n) is 3.92. The van der Waals surface area contributed by atoms with Gasteiger partial charge >= 0.3 is 0 Å². The summed E-state index contributed by atoms with van der Waals surface area (Å²) >= 11 is 1.51. The maximum Gasteiger partial charge on any atom is 0.264 e. The van der Waals surface area contributed by atoms with Crippen molar-refractivity contribution in [3.63, 3.8) is 0 Å². The van der Waals surface area contributed by atoms with Crippen molar-refractivity contribution in [3.05, 3.63) is 21.9 Å². The number of amides is 2. The lowest BCUT2D eigenvalue weighted by Gasteiger charge is -2.47. The van der Waals surface area contributed by atoms with Crippen LogP contribution in [0.5, 0.6) is 0 Å². The molecule has 2 aliphatic heterocycles. The Labute approximate surface area is 147 Å². The van der Waals surface area contributed by atoms with E-state index in [1.807, 2.05) is 28.2 Å². The second kappa shape index (κ2) is 6.84. The Morgan fingerprint density at radius 1 is 1.38 bits per heavy atom. The molecule has 132 valence electrons. The Hall–Kier alpha value is -1.40. The van der Waals surface area contributed by atoms with Gasteiger partial charge < -0.3 is 14.9 Å². The van der Waals surface area contributed by atoms with E-state index < -0.39 is 6.10 Å².